The monoisotopic (exact) mass is 276 g/mol. The van der Waals surface area contributed by atoms with Crippen LogP contribution >= 0.6 is 11.8 Å². The fraction of sp³-hybridized carbons (Fsp3) is 0.643. The van der Waals surface area contributed by atoms with Crippen molar-refractivity contribution in [3.8, 4) is 6.07 Å². The van der Waals surface area contributed by atoms with E-state index in [2.05, 4.69) is 27.6 Å². The van der Waals surface area contributed by atoms with Crippen molar-refractivity contribution in [3.05, 3.63) is 17.5 Å². The number of nitriles is 1. The van der Waals surface area contributed by atoms with Crippen LogP contribution in [-0.4, -0.2) is 27.5 Å². The van der Waals surface area contributed by atoms with E-state index in [0.29, 0.717) is 16.4 Å². The van der Waals surface area contributed by atoms with E-state index in [1.54, 1.807) is 6.07 Å². The molecule has 2 rings (SSSR count). The van der Waals surface area contributed by atoms with Gasteiger partial charge in [-0.2, -0.15) is 17.0 Å². The number of thioether (sulfide) groups is 1. The fourth-order valence-electron chi connectivity index (χ4n) is 2.59. The zero-order valence-corrected chi connectivity index (χ0v) is 12.4. The summed E-state index contributed by atoms with van der Waals surface area (Å²) in [6.45, 7) is 2.77. The normalized spacial score (nSPS) is 17.7. The van der Waals surface area contributed by atoms with Gasteiger partial charge in [-0.15, -0.1) is 0 Å². The molecule has 5 heteroatoms. The molecular formula is C14H20N4S. The highest BCUT2D eigenvalue weighted by molar-refractivity contribution is 8.00. The molecule has 1 aromatic heterocycles. The SMILES string of the molecule is CSC1(CNc2nc(C)cc(C#N)n2)CCCCC1. The summed E-state index contributed by atoms with van der Waals surface area (Å²) >= 11 is 1.94. The molecule has 0 amide bonds. The molecule has 1 N–H and O–H groups in total. The number of rotatable bonds is 4. The average molecular weight is 276 g/mol. The maximum atomic E-state index is 8.93. The third-order valence-electron chi connectivity index (χ3n) is 3.74. The second-order valence-corrected chi connectivity index (χ2v) is 6.41. The van der Waals surface area contributed by atoms with E-state index in [0.717, 1.165) is 12.2 Å². The highest BCUT2D eigenvalue weighted by atomic mass is 32.2. The summed E-state index contributed by atoms with van der Waals surface area (Å²) in [6, 6.07) is 3.78. The topological polar surface area (TPSA) is 61.6 Å². The number of aromatic nitrogens is 2. The predicted molar refractivity (Wildman–Crippen MR) is 79.3 cm³/mol. The Morgan fingerprint density at radius 2 is 2.11 bits per heavy atom. The van der Waals surface area contributed by atoms with Crippen molar-refractivity contribution >= 4 is 17.7 Å². The van der Waals surface area contributed by atoms with Crippen LogP contribution in [0.1, 0.15) is 43.5 Å². The smallest absolute Gasteiger partial charge is 0.224 e. The van der Waals surface area contributed by atoms with Gasteiger partial charge in [0, 0.05) is 17.0 Å². The molecule has 1 heterocycles. The van der Waals surface area contributed by atoms with Crippen LogP contribution in [0.2, 0.25) is 0 Å². The van der Waals surface area contributed by atoms with Crippen LogP contribution in [0, 0.1) is 18.3 Å². The number of aryl methyl sites for hydroxylation is 1. The lowest BCUT2D eigenvalue weighted by atomic mass is 9.88. The molecule has 0 radical (unpaired) electrons. The van der Waals surface area contributed by atoms with E-state index in [1.807, 2.05) is 18.7 Å². The molecule has 0 unspecified atom stereocenters. The molecule has 1 aliphatic rings. The molecule has 0 aliphatic heterocycles. The molecule has 0 bridgehead atoms. The molecule has 0 saturated heterocycles. The lowest BCUT2D eigenvalue weighted by molar-refractivity contribution is 0.411. The number of nitrogens with zero attached hydrogens (tertiary/aromatic N) is 3. The van der Waals surface area contributed by atoms with Gasteiger partial charge in [0.25, 0.3) is 0 Å². The third-order valence-corrected chi connectivity index (χ3v) is 5.15. The average Bonchev–Trinajstić information content (AvgIpc) is 2.45. The standard InChI is InChI=1S/C14H20N4S/c1-11-8-12(9-15)18-13(17-11)16-10-14(19-2)6-4-3-5-7-14/h8H,3-7,10H2,1-2H3,(H,16,17,18). The molecule has 0 spiro atoms. The predicted octanol–water partition coefficient (Wildman–Crippen LogP) is 3.13. The first-order chi connectivity index (χ1) is 9.17. The van der Waals surface area contributed by atoms with Crippen LogP contribution in [0.3, 0.4) is 0 Å². The van der Waals surface area contributed by atoms with Crippen LogP contribution in [0.5, 0.6) is 0 Å². The Bertz CT molecular complexity index is 475. The summed E-state index contributed by atoms with van der Waals surface area (Å²) in [5.74, 6) is 0.579. The zero-order chi connectivity index (χ0) is 13.7. The van der Waals surface area contributed by atoms with Gasteiger partial charge in [0.2, 0.25) is 5.95 Å². The van der Waals surface area contributed by atoms with Crippen molar-refractivity contribution in [2.24, 2.45) is 0 Å². The Labute approximate surface area is 119 Å². The van der Waals surface area contributed by atoms with Gasteiger partial charge < -0.3 is 5.32 Å². The molecular weight excluding hydrogens is 256 g/mol. The van der Waals surface area contributed by atoms with Gasteiger partial charge in [-0.3, -0.25) is 0 Å². The highest BCUT2D eigenvalue weighted by Crippen LogP contribution is 2.38. The van der Waals surface area contributed by atoms with Gasteiger partial charge in [-0.25, -0.2) is 9.97 Å². The van der Waals surface area contributed by atoms with Crippen molar-refractivity contribution in [1.82, 2.24) is 9.97 Å². The summed E-state index contributed by atoms with van der Waals surface area (Å²) in [4.78, 5) is 8.56. The molecule has 1 saturated carbocycles. The third kappa shape index (κ3) is 3.60. The number of hydrogen-bond donors (Lipinski definition) is 1. The quantitative estimate of drug-likeness (QED) is 0.915. The largest absolute Gasteiger partial charge is 0.353 e. The number of anilines is 1. The summed E-state index contributed by atoms with van der Waals surface area (Å²) in [5.41, 5.74) is 1.26. The van der Waals surface area contributed by atoms with Gasteiger partial charge in [0.15, 0.2) is 0 Å². The van der Waals surface area contributed by atoms with Gasteiger partial charge in [-0.05, 0) is 32.1 Å². The molecule has 1 aromatic rings. The molecule has 4 nitrogen and oxygen atoms in total. The second-order valence-electron chi connectivity index (χ2n) is 5.13. The Morgan fingerprint density at radius 1 is 1.37 bits per heavy atom. The summed E-state index contributed by atoms with van der Waals surface area (Å²) in [6.07, 6.45) is 8.64. The van der Waals surface area contributed by atoms with Crippen molar-refractivity contribution in [2.45, 2.75) is 43.8 Å². The van der Waals surface area contributed by atoms with Crippen LogP contribution in [0.4, 0.5) is 5.95 Å². The minimum absolute atomic E-state index is 0.304. The lowest BCUT2D eigenvalue weighted by Crippen LogP contribution is -2.36. The van der Waals surface area contributed by atoms with Crippen LogP contribution in [0.25, 0.3) is 0 Å². The van der Waals surface area contributed by atoms with Gasteiger partial charge in [0.1, 0.15) is 11.8 Å². The first kappa shape index (κ1) is 14.1. The van der Waals surface area contributed by atoms with E-state index >= 15 is 0 Å². The van der Waals surface area contributed by atoms with Crippen molar-refractivity contribution in [3.63, 3.8) is 0 Å². The maximum absolute atomic E-state index is 8.93. The Kier molecular flexibility index (Phi) is 4.65. The minimum atomic E-state index is 0.304. The van der Waals surface area contributed by atoms with Crippen LogP contribution in [0.15, 0.2) is 6.07 Å². The van der Waals surface area contributed by atoms with Crippen LogP contribution < -0.4 is 5.32 Å². The lowest BCUT2D eigenvalue weighted by Gasteiger charge is -2.35. The van der Waals surface area contributed by atoms with Crippen molar-refractivity contribution in [2.75, 3.05) is 18.1 Å². The first-order valence-electron chi connectivity index (χ1n) is 6.72. The van der Waals surface area contributed by atoms with Crippen molar-refractivity contribution < 1.29 is 0 Å². The van der Waals surface area contributed by atoms with Crippen LogP contribution in [-0.2, 0) is 0 Å². The van der Waals surface area contributed by atoms with E-state index in [-0.39, 0.29) is 0 Å². The molecule has 1 aliphatic carbocycles. The van der Waals surface area contributed by atoms with E-state index < -0.39 is 0 Å². The Hall–Kier alpha value is -1.28. The Morgan fingerprint density at radius 3 is 2.74 bits per heavy atom. The first-order valence-corrected chi connectivity index (χ1v) is 7.95. The number of hydrogen-bond acceptors (Lipinski definition) is 5. The molecule has 0 aromatic carbocycles. The molecule has 0 atom stereocenters. The molecule has 1 fully saturated rings. The van der Waals surface area contributed by atoms with Crippen molar-refractivity contribution in [1.29, 1.82) is 5.26 Å². The summed E-state index contributed by atoms with van der Waals surface area (Å²) < 4.78 is 0.304. The van der Waals surface area contributed by atoms with E-state index in [4.69, 9.17) is 5.26 Å². The number of nitrogens with one attached hydrogen (secondary N) is 1. The second kappa shape index (κ2) is 6.25. The van der Waals surface area contributed by atoms with E-state index in [1.165, 1.54) is 32.1 Å². The summed E-state index contributed by atoms with van der Waals surface area (Å²) in [5, 5.41) is 12.3. The summed E-state index contributed by atoms with van der Waals surface area (Å²) in [7, 11) is 0. The van der Waals surface area contributed by atoms with E-state index in [9.17, 15) is 0 Å². The highest BCUT2D eigenvalue weighted by Gasteiger charge is 2.31. The Balaban J connectivity index is 2.05. The molecule has 102 valence electrons. The minimum Gasteiger partial charge on any atom is -0.353 e. The fourth-order valence-corrected chi connectivity index (χ4v) is 3.51. The zero-order valence-electron chi connectivity index (χ0n) is 11.6. The maximum Gasteiger partial charge on any atom is 0.224 e. The van der Waals surface area contributed by atoms with Gasteiger partial charge >= 0.3 is 0 Å². The van der Waals surface area contributed by atoms with Gasteiger partial charge in [0.05, 0.1) is 0 Å². The van der Waals surface area contributed by atoms with Gasteiger partial charge in [-0.1, -0.05) is 19.3 Å². The molecule has 19 heavy (non-hydrogen) atoms.